The van der Waals surface area contributed by atoms with Crippen molar-refractivity contribution in [2.45, 2.75) is 44.8 Å². The Morgan fingerprint density at radius 2 is 2.21 bits per heavy atom. The minimum absolute atomic E-state index is 0.150. The fraction of sp³-hybridized carbons (Fsp3) is 0.556. The molecule has 0 unspecified atom stereocenters. The maximum absolute atomic E-state index is 12.5. The number of thiophene rings is 1. The number of hydrogen-bond acceptors (Lipinski definition) is 4. The molecule has 0 aromatic carbocycles. The van der Waals surface area contributed by atoms with Gasteiger partial charge in [0.2, 0.25) is 5.91 Å². The lowest BCUT2D eigenvalue weighted by molar-refractivity contribution is -0.140. The second-order valence-electron chi connectivity index (χ2n) is 6.68. The number of aryl methyl sites for hydroxylation is 2. The van der Waals surface area contributed by atoms with E-state index in [1.165, 1.54) is 10.4 Å². The van der Waals surface area contributed by atoms with E-state index in [-0.39, 0.29) is 11.5 Å². The van der Waals surface area contributed by atoms with Crippen LogP contribution in [0, 0.1) is 6.92 Å². The van der Waals surface area contributed by atoms with Gasteiger partial charge in [-0.05, 0) is 42.8 Å². The van der Waals surface area contributed by atoms with E-state index in [2.05, 4.69) is 16.5 Å². The van der Waals surface area contributed by atoms with Crippen LogP contribution in [0.2, 0.25) is 0 Å². The first-order chi connectivity index (χ1) is 11.7. The smallest absolute Gasteiger partial charge is 0.224 e. The number of fused-ring (bicyclic) bond motifs is 2. The summed E-state index contributed by atoms with van der Waals surface area (Å²) in [6.45, 7) is 5.05. The first-order valence-electron chi connectivity index (χ1n) is 8.65. The van der Waals surface area contributed by atoms with Gasteiger partial charge in [0, 0.05) is 49.2 Å². The molecular weight excluding hydrogens is 322 g/mol. The van der Waals surface area contributed by atoms with Crippen LogP contribution in [0.15, 0.2) is 23.7 Å². The summed E-state index contributed by atoms with van der Waals surface area (Å²) in [4.78, 5) is 16.0. The quantitative estimate of drug-likeness (QED) is 0.859. The fourth-order valence-corrected chi connectivity index (χ4v) is 4.83. The van der Waals surface area contributed by atoms with Crippen LogP contribution in [-0.4, -0.2) is 40.3 Å². The van der Waals surface area contributed by atoms with Crippen molar-refractivity contribution < 1.29 is 9.53 Å². The minimum atomic E-state index is -0.150. The molecule has 24 heavy (non-hydrogen) atoms. The number of piperidine rings is 1. The van der Waals surface area contributed by atoms with Crippen LogP contribution in [0.3, 0.4) is 0 Å². The molecule has 1 fully saturated rings. The molecule has 0 aliphatic carbocycles. The summed E-state index contributed by atoms with van der Waals surface area (Å²) in [7, 11) is 0. The van der Waals surface area contributed by atoms with E-state index in [0.29, 0.717) is 13.0 Å². The van der Waals surface area contributed by atoms with E-state index < -0.39 is 0 Å². The normalized spacial score (nSPS) is 19.5. The maximum Gasteiger partial charge on any atom is 0.224 e. The highest BCUT2D eigenvalue weighted by molar-refractivity contribution is 7.10. The standard InChI is InChI=1S/C18H23N3O2S/c1-14-2-8-19-21(14)9-3-17(22)20-10-6-18(7-11-20)15-5-13-24-16(15)4-12-23-18/h2,5,8,13H,3-4,6-7,9-12H2,1H3. The van der Waals surface area contributed by atoms with Gasteiger partial charge >= 0.3 is 0 Å². The molecule has 1 spiro atoms. The lowest BCUT2D eigenvalue weighted by Crippen LogP contribution is -2.48. The van der Waals surface area contributed by atoms with Crippen molar-refractivity contribution in [3.8, 4) is 0 Å². The van der Waals surface area contributed by atoms with Gasteiger partial charge in [-0.3, -0.25) is 9.48 Å². The average molecular weight is 345 g/mol. The summed E-state index contributed by atoms with van der Waals surface area (Å²) in [5.74, 6) is 0.223. The number of carbonyl (C=O) groups excluding carboxylic acids is 1. The number of nitrogens with zero attached hydrogens (tertiary/aromatic N) is 3. The molecule has 2 aliphatic rings. The molecule has 0 radical (unpaired) electrons. The van der Waals surface area contributed by atoms with Crippen LogP contribution in [0.1, 0.15) is 35.4 Å². The molecule has 2 aliphatic heterocycles. The Hall–Kier alpha value is -1.66. The average Bonchev–Trinajstić information content (AvgIpc) is 3.23. The largest absolute Gasteiger partial charge is 0.370 e. The number of aromatic nitrogens is 2. The first-order valence-corrected chi connectivity index (χ1v) is 9.53. The van der Waals surface area contributed by atoms with Crippen LogP contribution in [0.5, 0.6) is 0 Å². The molecule has 0 atom stereocenters. The van der Waals surface area contributed by atoms with Gasteiger partial charge in [0.15, 0.2) is 0 Å². The summed E-state index contributed by atoms with van der Waals surface area (Å²) < 4.78 is 8.10. The van der Waals surface area contributed by atoms with E-state index in [4.69, 9.17) is 4.74 Å². The number of rotatable bonds is 3. The highest BCUT2D eigenvalue weighted by Gasteiger charge is 2.42. The zero-order chi connectivity index (χ0) is 16.6. The molecule has 0 saturated carbocycles. The van der Waals surface area contributed by atoms with Gasteiger partial charge in [0.1, 0.15) is 0 Å². The van der Waals surface area contributed by atoms with E-state index in [0.717, 1.165) is 44.7 Å². The van der Waals surface area contributed by atoms with Crippen molar-refractivity contribution in [1.82, 2.24) is 14.7 Å². The summed E-state index contributed by atoms with van der Waals surface area (Å²) in [6.07, 6.45) is 5.14. The topological polar surface area (TPSA) is 47.4 Å². The predicted molar refractivity (Wildman–Crippen MR) is 93.0 cm³/mol. The van der Waals surface area contributed by atoms with Crippen LogP contribution >= 0.6 is 11.3 Å². The molecule has 4 heterocycles. The van der Waals surface area contributed by atoms with Gasteiger partial charge in [-0.1, -0.05) is 0 Å². The van der Waals surface area contributed by atoms with Crippen molar-refractivity contribution >= 4 is 17.2 Å². The number of hydrogen-bond donors (Lipinski definition) is 0. The second-order valence-corrected chi connectivity index (χ2v) is 7.68. The van der Waals surface area contributed by atoms with Crippen molar-refractivity contribution in [3.05, 3.63) is 39.8 Å². The molecule has 2 aromatic rings. The molecule has 0 bridgehead atoms. The molecule has 0 N–H and O–H groups in total. The molecule has 5 nitrogen and oxygen atoms in total. The van der Waals surface area contributed by atoms with E-state index >= 15 is 0 Å². The lowest BCUT2D eigenvalue weighted by Gasteiger charge is -2.44. The number of likely N-dealkylation sites (tertiary alicyclic amines) is 1. The van der Waals surface area contributed by atoms with Crippen LogP contribution in [-0.2, 0) is 28.1 Å². The van der Waals surface area contributed by atoms with Crippen molar-refractivity contribution in [2.75, 3.05) is 19.7 Å². The van der Waals surface area contributed by atoms with Crippen molar-refractivity contribution in [1.29, 1.82) is 0 Å². The van der Waals surface area contributed by atoms with Gasteiger partial charge < -0.3 is 9.64 Å². The van der Waals surface area contributed by atoms with Crippen LogP contribution in [0.25, 0.3) is 0 Å². The molecule has 6 heteroatoms. The molecule has 128 valence electrons. The molecular formula is C18H23N3O2S. The molecule has 1 saturated heterocycles. The Kier molecular flexibility index (Phi) is 4.18. The summed E-state index contributed by atoms with van der Waals surface area (Å²) in [5.41, 5.74) is 2.32. The third-order valence-electron chi connectivity index (χ3n) is 5.33. The number of carbonyl (C=O) groups is 1. The summed E-state index contributed by atoms with van der Waals surface area (Å²) in [5, 5.41) is 6.42. The predicted octanol–water partition coefficient (Wildman–Crippen LogP) is 2.73. The fourth-order valence-electron chi connectivity index (χ4n) is 3.88. The third kappa shape index (κ3) is 2.78. The Morgan fingerprint density at radius 3 is 2.96 bits per heavy atom. The monoisotopic (exact) mass is 345 g/mol. The highest BCUT2D eigenvalue weighted by atomic mass is 32.1. The first kappa shape index (κ1) is 15.8. The van der Waals surface area contributed by atoms with Gasteiger partial charge in [0.25, 0.3) is 0 Å². The van der Waals surface area contributed by atoms with Crippen LogP contribution < -0.4 is 0 Å². The van der Waals surface area contributed by atoms with Crippen LogP contribution in [0.4, 0.5) is 0 Å². The van der Waals surface area contributed by atoms with E-state index in [1.807, 2.05) is 33.9 Å². The van der Waals surface area contributed by atoms with Gasteiger partial charge in [0.05, 0.1) is 12.2 Å². The highest BCUT2D eigenvalue weighted by Crippen LogP contribution is 2.43. The Bertz CT molecular complexity index is 728. The zero-order valence-electron chi connectivity index (χ0n) is 14.0. The Morgan fingerprint density at radius 1 is 1.38 bits per heavy atom. The van der Waals surface area contributed by atoms with Gasteiger partial charge in [-0.25, -0.2) is 0 Å². The second kappa shape index (κ2) is 6.33. The summed E-state index contributed by atoms with van der Waals surface area (Å²) in [6, 6.07) is 4.19. The maximum atomic E-state index is 12.5. The number of ether oxygens (including phenoxy) is 1. The molecule has 2 aromatic heterocycles. The Labute approximate surface area is 146 Å². The van der Waals surface area contributed by atoms with E-state index in [9.17, 15) is 4.79 Å². The minimum Gasteiger partial charge on any atom is -0.370 e. The van der Waals surface area contributed by atoms with E-state index in [1.54, 1.807) is 6.20 Å². The molecule has 4 rings (SSSR count). The third-order valence-corrected chi connectivity index (χ3v) is 6.31. The van der Waals surface area contributed by atoms with Gasteiger partial charge in [-0.2, -0.15) is 5.10 Å². The van der Waals surface area contributed by atoms with Crippen molar-refractivity contribution in [3.63, 3.8) is 0 Å². The lowest BCUT2D eigenvalue weighted by atomic mass is 9.82. The zero-order valence-corrected chi connectivity index (χ0v) is 14.8. The summed E-state index contributed by atoms with van der Waals surface area (Å²) >= 11 is 1.84. The van der Waals surface area contributed by atoms with Gasteiger partial charge in [-0.15, -0.1) is 11.3 Å². The Balaban J connectivity index is 1.37. The SMILES string of the molecule is Cc1ccnn1CCC(=O)N1CCC2(CC1)OCCc1sccc12. The van der Waals surface area contributed by atoms with Crippen molar-refractivity contribution in [2.24, 2.45) is 0 Å². The number of amides is 1. The molecule has 1 amide bonds.